The number of ether oxygens (including phenoxy) is 4. The molecule has 0 bridgehead atoms. The van der Waals surface area contributed by atoms with Crippen molar-refractivity contribution in [2.45, 2.75) is 13.8 Å². The van der Waals surface area contributed by atoms with Gasteiger partial charge in [0, 0.05) is 22.1 Å². The molecule has 0 aliphatic heterocycles. The lowest BCUT2D eigenvalue weighted by Gasteiger charge is -2.24. The van der Waals surface area contributed by atoms with Crippen molar-refractivity contribution in [1.29, 1.82) is 0 Å². The third-order valence-corrected chi connectivity index (χ3v) is 3.92. The highest BCUT2D eigenvalue weighted by atomic mass is 16.5. The number of hydrogen-bond donors (Lipinski definition) is 0. The zero-order valence-corrected chi connectivity index (χ0v) is 14.4. The number of carbonyl (C=O) groups is 1. The maximum atomic E-state index is 11.3. The highest BCUT2D eigenvalue weighted by molar-refractivity contribution is 5.87. The van der Waals surface area contributed by atoms with Gasteiger partial charge < -0.3 is 18.9 Å². The first kappa shape index (κ1) is 16.9. The molecule has 0 aromatic heterocycles. The summed E-state index contributed by atoms with van der Waals surface area (Å²) in [6.45, 7) is 4.10. The van der Waals surface area contributed by atoms with Gasteiger partial charge >= 0.3 is 0 Å². The molecule has 0 unspecified atom stereocenters. The van der Waals surface area contributed by atoms with Crippen LogP contribution in [0.1, 0.15) is 29.8 Å². The van der Waals surface area contributed by atoms with Gasteiger partial charge in [0.2, 0.25) is 0 Å². The number of allylic oxidation sites excluding steroid dienone is 2. The van der Waals surface area contributed by atoms with E-state index in [9.17, 15) is 4.79 Å². The van der Waals surface area contributed by atoms with Gasteiger partial charge in [-0.25, -0.2) is 0 Å². The Labute approximate surface area is 136 Å². The topological polar surface area (TPSA) is 54.0 Å². The minimum absolute atomic E-state index is 0.351. The van der Waals surface area contributed by atoms with Gasteiger partial charge in [0.15, 0.2) is 23.0 Å². The van der Waals surface area contributed by atoms with Crippen molar-refractivity contribution in [3.05, 3.63) is 40.9 Å². The molecule has 1 aliphatic rings. The molecule has 1 aromatic rings. The van der Waals surface area contributed by atoms with Gasteiger partial charge in [0.1, 0.15) is 6.29 Å². The standard InChI is InChI=1S/C18H22O5/c1-18(2)9-14(21-4)17(23-6)15(18)12-7-11(10-19)8-13(20-3)16(12)22-5/h7-10H,1-6H3. The monoisotopic (exact) mass is 318 g/mol. The molecule has 0 heterocycles. The molecule has 23 heavy (non-hydrogen) atoms. The van der Waals surface area contributed by atoms with Crippen molar-refractivity contribution in [3.63, 3.8) is 0 Å². The average Bonchev–Trinajstić information content (AvgIpc) is 2.82. The van der Waals surface area contributed by atoms with Crippen LogP contribution >= 0.6 is 0 Å². The Hall–Kier alpha value is -2.43. The molecule has 0 radical (unpaired) electrons. The predicted octanol–water partition coefficient (Wildman–Crippen LogP) is 3.44. The molecule has 0 atom stereocenters. The average molecular weight is 318 g/mol. The second-order valence-corrected chi connectivity index (χ2v) is 5.76. The number of rotatable bonds is 6. The Bertz CT molecular complexity index is 683. The van der Waals surface area contributed by atoms with Crippen LogP contribution in [-0.4, -0.2) is 34.7 Å². The maximum Gasteiger partial charge on any atom is 0.168 e. The van der Waals surface area contributed by atoms with Crippen molar-refractivity contribution < 1.29 is 23.7 Å². The summed E-state index contributed by atoms with van der Waals surface area (Å²) < 4.78 is 21.9. The van der Waals surface area contributed by atoms with Gasteiger partial charge in [-0.15, -0.1) is 0 Å². The van der Waals surface area contributed by atoms with Crippen molar-refractivity contribution in [2.75, 3.05) is 28.4 Å². The Morgan fingerprint density at radius 1 is 0.957 bits per heavy atom. The third kappa shape index (κ3) is 2.79. The summed E-state index contributed by atoms with van der Waals surface area (Å²) in [6, 6.07) is 3.42. The van der Waals surface area contributed by atoms with Crippen LogP contribution in [0.15, 0.2) is 29.7 Å². The van der Waals surface area contributed by atoms with E-state index >= 15 is 0 Å². The van der Waals surface area contributed by atoms with E-state index in [0.717, 1.165) is 17.4 Å². The molecule has 124 valence electrons. The van der Waals surface area contributed by atoms with E-state index in [1.54, 1.807) is 40.6 Å². The van der Waals surface area contributed by atoms with Gasteiger partial charge in [0.25, 0.3) is 0 Å². The van der Waals surface area contributed by atoms with Gasteiger partial charge in [0.05, 0.1) is 28.4 Å². The number of methoxy groups -OCH3 is 4. The number of carbonyl (C=O) groups excluding carboxylic acids is 1. The minimum Gasteiger partial charge on any atom is -0.493 e. The normalized spacial score (nSPS) is 16.0. The fourth-order valence-corrected chi connectivity index (χ4v) is 2.94. The molecule has 0 spiro atoms. The van der Waals surface area contributed by atoms with Crippen LogP contribution in [0.4, 0.5) is 0 Å². The largest absolute Gasteiger partial charge is 0.493 e. The summed E-state index contributed by atoms with van der Waals surface area (Å²) in [4.78, 5) is 11.3. The van der Waals surface area contributed by atoms with Crippen molar-refractivity contribution >= 4 is 11.9 Å². The molecule has 5 nitrogen and oxygen atoms in total. The summed E-state index contributed by atoms with van der Waals surface area (Å²) >= 11 is 0. The fourth-order valence-electron chi connectivity index (χ4n) is 2.94. The van der Waals surface area contributed by atoms with Crippen LogP contribution in [0, 0.1) is 5.41 Å². The third-order valence-electron chi connectivity index (χ3n) is 3.92. The first-order valence-corrected chi connectivity index (χ1v) is 7.21. The van der Waals surface area contributed by atoms with Gasteiger partial charge in [-0.1, -0.05) is 13.8 Å². The van der Waals surface area contributed by atoms with E-state index < -0.39 is 0 Å². The molecule has 0 saturated heterocycles. The van der Waals surface area contributed by atoms with Gasteiger partial charge in [-0.3, -0.25) is 4.79 Å². The quantitative estimate of drug-likeness (QED) is 0.752. The number of hydrogen-bond acceptors (Lipinski definition) is 5. The van der Waals surface area contributed by atoms with Crippen LogP contribution in [0.2, 0.25) is 0 Å². The minimum atomic E-state index is -0.351. The molecular weight excluding hydrogens is 296 g/mol. The van der Waals surface area contributed by atoms with Gasteiger partial charge in [-0.05, 0) is 18.2 Å². The summed E-state index contributed by atoms with van der Waals surface area (Å²) in [6.07, 6.45) is 2.77. The number of aldehydes is 1. The SMILES string of the molecule is COC1=CC(C)(C)C(c2cc(C=O)cc(OC)c2OC)=C1OC. The highest BCUT2D eigenvalue weighted by Gasteiger charge is 2.37. The maximum absolute atomic E-state index is 11.3. The lowest BCUT2D eigenvalue weighted by Crippen LogP contribution is -2.11. The molecule has 0 amide bonds. The van der Waals surface area contributed by atoms with Crippen molar-refractivity contribution in [1.82, 2.24) is 0 Å². The van der Waals surface area contributed by atoms with Crippen LogP contribution < -0.4 is 9.47 Å². The Morgan fingerprint density at radius 2 is 1.65 bits per heavy atom. The number of benzene rings is 1. The zero-order chi connectivity index (χ0) is 17.2. The van der Waals surface area contributed by atoms with E-state index in [1.807, 2.05) is 19.9 Å². The molecule has 1 aromatic carbocycles. The summed E-state index contributed by atoms with van der Waals surface area (Å²) in [5, 5.41) is 0. The van der Waals surface area contributed by atoms with E-state index in [-0.39, 0.29) is 5.41 Å². The lowest BCUT2D eigenvalue weighted by molar-refractivity contribution is 0.112. The Kier molecular flexibility index (Phi) is 4.68. The van der Waals surface area contributed by atoms with E-state index in [4.69, 9.17) is 18.9 Å². The Balaban J connectivity index is 2.81. The first-order valence-electron chi connectivity index (χ1n) is 7.21. The fraction of sp³-hybridized carbons (Fsp3) is 0.389. The first-order chi connectivity index (χ1) is 10.9. The zero-order valence-electron chi connectivity index (χ0n) is 14.4. The van der Waals surface area contributed by atoms with E-state index in [1.165, 1.54) is 0 Å². The van der Waals surface area contributed by atoms with Crippen molar-refractivity contribution in [2.24, 2.45) is 5.41 Å². The lowest BCUT2D eigenvalue weighted by atomic mass is 9.82. The summed E-state index contributed by atoms with van der Waals surface area (Å²) in [5.41, 5.74) is 1.79. The van der Waals surface area contributed by atoms with Crippen LogP contribution in [0.25, 0.3) is 5.57 Å². The predicted molar refractivity (Wildman–Crippen MR) is 87.7 cm³/mol. The van der Waals surface area contributed by atoms with Gasteiger partial charge in [-0.2, -0.15) is 0 Å². The second kappa shape index (κ2) is 6.36. The summed E-state index contributed by atoms with van der Waals surface area (Å²) in [5.74, 6) is 2.34. The van der Waals surface area contributed by atoms with E-state index in [2.05, 4.69) is 0 Å². The molecule has 2 rings (SSSR count). The van der Waals surface area contributed by atoms with E-state index in [0.29, 0.717) is 28.6 Å². The molecule has 0 saturated carbocycles. The molecule has 5 heteroatoms. The summed E-state index contributed by atoms with van der Waals surface area (Å²) in [7, 11) is 6.31. The molecule has 1 aliphatic carbocycles. The Morgan fingerprint density at radius 3 is 2.13 bits per heavy atom. The second-order valence-electron chi connectivity index (χ2n) is 5.76. The molecule has 0 N–H and O–H groups in total. The smallest absolute Gasteiger partial charge is 0.168 e. The van der Waals surface area contributed by atoms with Crippen LogP contribution in [0.5, 0.6) is 11.5 Å². The van der Waals surface area contributed by atoms with Crippen molar-refractivity contribution in [3.8, 4) is 11.5 Å². The van der Waals surface area contributed by atoms with Crippen LogP contribution in [-0.2, 0) is 9.47 Å². The highest BCUT2D eigenvalue weighted by Crippen LogP contribution is 2.51. The molecular formula is C18H22O5. The van der Waals surface area contributed by atoms with Crippen LogP contribution in [0.3, 0.4) is 0 Å². The molecule has 0 fully saturated rings.